The van der Waals surface area contributed by atoms with Crippen molar-refractivity contribution < 1.29 is 18.0 Å². The number of likely N-dealkylation sites (tertiary alicyclic amines) is 1. The number of hydrogen-bond donors (Lipinski definition) is 1. The molecule has 2 aromatic rings. The van der Waals surface area contributed by atoms with E-state index in [2.05, 4.69) is 11.9 Å². The molecule has 2 aliphatic rings. The maximum atomic E-state index is 13.0. The molecule has 6 nitrogen and oxygen atoms in total. The Balaban J connectivity index is 1.62. The number of halogens is 3. The molecule has 2 fully saturated rings. The van der Waals surface area contributed by atoms with Crippen LogP contribution in [0.4, 0.5) is 13.2 Å². The lowest BCUT2D eigenvalue weighted by atomic mass is 9.80. The van der Waals surface area contributed by atoms with Crippen LogP contribution in [0.3, 0.4) is 0 Å². The summed E-state index contributed by atoms with van der Waals surface area (Å²) in [5.74, 6) is -0.774. The van der Waals surface area contributed by atoms with Gasteiger partial charge in [-0.05, 0) is 51.0 Å². The molecule has 9 heteroatoms. The van der Waals surface area contributed by atoms with Gasteiger partial charge in [0.15, 0.2) is 5.65 Å². The first-order chi connectivity index (χ1) is 14.7. The van der Waals surface area contributed by atoms with E-state index in [4.69, 9.17) is 10.8 Å². The molecule has 4 rings (SSSR count). The van der Waals surface area contributed by atoms with Crippen molar-refractivity contribution in [2.75, 3.05) is 19.6 Å². The Kier molecular flexibility index (Phi) is 5.98. The molecule has 1 amide bonds. The second kappa shape index (κ2) is 8.41. The van der Waals surface area contributed by atoms with E-state index in [0.717, 1.165) is 29.1 Å². The fraction of sp³-hybridized carbons (Fsp3) is 0.682. The fourth-order valence-electron chi connectivity index (χ4n) is 5.14. The predicted molar refractivity (Wildman–Crippen MR) is 111 cm³/mol. The first-order valence-corrected chi connectivity index (χ1v) is 11.1. The van der Waals surface area contributed by atoms with Crippen molar-refractivity contribution in [1.82, 2.24) is 19.5 Å². The molecule has 2 atom stereocenters. The number of carbonyl (C=O) groups excluding carboxylic acids is 1. The van der Waals surface area contributed by atoms with Crippen molar-refractivity contribution >= 4 is 11.6 Å². The lowest BCUT2D eigenvalue weighted by molar-refractivity contribution is -0.182. The van der Waals surface area contributed by atoms with Crippen molar-refractivity contribution in [3.63, 3.8) is 0 Å². The van der Waals surface area contributed by atoms with Gasteiger partial charge in [-0.15, -0.1) is 0 Å². The highest BCUT2D eigenvalue weighted by molar-refractivity contribution is 5.78. The summed E-state index contributed by atoms with van der Waals surface area (Å²) in [6.45, 7) is 5.40. The number of aromatic nitrogens is 3. The fourth-order valence-corrected chi connectivity index (χ4v) is 5.14. The van der Waals surface area contributed by atoms with Crippen LogP contribution in [0.25, 0.3) is 5.65 Å². The maximum absolute atomic E-state index is 13.0. The molecular formula is C22H30F3N5O. The molecule has 3 heterocycles. The Morgan fingerprint density at radius 1 is 1.19 bits per heavy atom. The lowest BCUT2D eigenvalue weighted by Crippen LogP contribution is -2.45. The van der Waals surface area contributed by atoms with Gasteiger partial charge in [0.2, 0.25) is 5.91 Å². The van der Waals surface area contributed by atoms with Gasteiger partial charge in [0.25, 0.3) is 0 Å². The molecule has 0 aromatic carbocycles. The molecule has 0 spiro atoms. The molecule has 1 aliphatic carbocycles. The number of hydrogen-bond acceptors (Lipinski definition) is 4. The summed E-state index contributed by atoms with van der Waals surface area (Å²) < 4.78 is 40.9. The molecule has 0 unspecified atom stereocenters. The third kappa shape index (κ3) is 4.42. The van der Waals surface area contributed by atoms with E-state index in [-0.39, 0.29) is 37.1 Å². The van der Waals surface area contributed by atoms with Crippen molar-refractivity contribution in [3.05, 3.63) is 29.2 Å². The normalized spacial score (nSPS) is 27.6. The standard InChI is InChI=1S/C22H30F3N5O/c1-13-7-8-29(21(31)11-26)12-17(13)19-9-14(2)27-20-10-18(28-30(19)20)15-3-5-16(6-4-15)22(23,24)25/h9-10,13,15-17H,3-8,11-12,26H2,1-2H3/t13-,15?,16?,17-/m0/s1. The number of alkyl halides is 3. The van der Waals surface area contributed by atoms with Crippen LogP contribution in [0.5, 0.6) is 0 Å². The van der Waals surface area contributed by atoms with Crippen molar-refractivity contribution in [3.8, 4) is 0 Å². The lowest BCUT2D eigenvalue weighted by Gasteiger charge is -2.37. The van der Waals surface area contributed by atoms with Gasteiger partial charge in [-0.3, -0.25) is 4.79 Å². The van der Waals surface area contributed by atoms with Gasteiger partial charge in [-0.1, -0.05) is 6.92 Å². The molecule has 2 N–H and O–H groups in total. The highest BCUT2D eigenvalue weighted by atomic mass is 19.4. The minimum atomic E-state index is -4.11. The van der Waals surface area contributed by atoms with Gasteiger partial charge in [-0.2, -0.15) is 18.3 Å². The van der Waals surface area contributed by atoms with Gasteiger partial charge >= 0.3 is 6.18 Å². The zero-order valence-electron chi connectivity index (χ0n) is 18.0. The predicted octanol–water partition coefficient (Wildman–Crippen LogP) is 3.78. The summed E-state index contributed by atoms with van der Waals surface area (Å²) in [6, 6.07) is 3.94. The molecule has 2 aromatic heterocycles. The largest absolute Gasteiger partial charge is 0.391 e. The minimum absolute atomic E-state index is 0.00158. The molecule has 31 heavy (non-hydrogen) atoms. The number of nitrogens with zero attached hydrogens (tertiary/aromatic N) is 4. The number of amides is 1. The van der Waals surface area contributed by atoms with Crippen molar-refractivity contribution in [2.24, 2.45) is 17.6 Å². The number of nitrogens with two attached hydrogens (primary N) is 1. The summed E-state index contributed by atoms with van der Waals surface area (Å²) >= 11 is 0. The summed E-state index contributed by atoms with van der Waals surface area (Å²) in [7, 11) is 0. The van der Waals surface area contributed by atoms with Crippen molar-refractivity contribution in [2.45, 2.75) is 64.0 Å². The molecule has 1 saturated carbocycles. The number of rotatable bonds is 3. The summed E-state index contributed by atoms with van der Waals surface area (Å²) in [5, 5.41) is 4.81. The van der Waals surface area contributed by atoms with Crippen LogP contribution in [0.2, 0.25) is 0 Å². The average Bonchev–Trinajstić information content (AvgIpc) is 3.16. The highest BCUT2D eigenvalue weighted by Gasteiger charge is 2.42. The van der Waals surface area contributed by atoms with E-state index < -0.39 is 12.1 Å². The minimum Gasteiger partial charge on any atom is -0.341 e. The van der Waals surface area contributed by atoms with Gasteiger partial charge in [0, 0.05) is 36.7 Å². The number of fused-ring (bicyclic) bond motifs is 1. The quantitative estimate of drug-likeness (QED) is 0.793. The third-order valence-corrected chi connectivity index (χ3v) is 7.08. The molecule has 1 saturated heterocycles. The van der Waals surface area contributed by atoms with Crippen LogP contribution in [-0.2, 0) is 4.79 Å². The first-order valence-electron chi connectivity index (χ1n) is 11.1. The van der Waals surface area contributed by atoms with Crippen LogP contribution >= 0.6 is 0 Å². The van der Waals surface area contributed by atoms with Crippen LogP contribution in [0.1, 0.15) is 67.9 Å². The van der Waals surface area contributed by atoms with Crippen LogP contribution in [-0.4, -0.2) is 51.2 Å². The van der Waals surface area contributed by atoms with Crippen LogP contribution < -0.4 is 5.73 Å². The topological polar surface area (TPSA) is 76.5 Å². The summed E-state index contributed by atoms with van der Waals surface area (Å²) in [4.78, 5) is 18.6. The maximum Gasteiger partial charge on any atom is 0.391 e. The second-order valence-electron chi connectivity index (χ2n) is 9.17. The monoisotopic (exact) mass is 437 g/mol. The molecule has 1 aliphatic heterocycles. The van der Waals surface area contributed by atoms with Gasteiger partial charge in [0.05, 0.1) is 23.9 Å². The third-order valence-electron chi connectivity index (χ3n) is 7.08. The SMILES string of the molecule is Cc1cc([C@H]2CN(C(=O)CN)CC[C@@H]2C)n2nc(C3CCC(C(F)(F)F)CC3)cc2n1. The van der Waals surface area contributed by atoms with Crippen LogP contribution in [0.15, 0.2) is 12.1 Å². The Hall–Kier alpha value is -2.16. The average molecular weight is 438 g/mol. The number of piperidine rings is 1. The highest BCUT2D eigenvalue weighted by Crippen LogP contribution is 2.43. The Bertz CT molecular complexity index is 949. The van der Waals surface area contributed by atoms with Gasteiger partial charge < -0.3 is 10.6 Å². The van der Waals surface area contributed by atoms with Crippen molar-refractivity contribution in [1.29, 1.82) is 0 Å². The Morgan fingerprint density at radius 2 is 1.90 bits per heavy atom. The number of aryl methyl sites for hydroxylation is 1. The van der Waals surface area contributed by atoms with E-state index in [1.807, 2.05) is 28.5 Å². The summed E-state index contributed by atoms with van der Waals surface area (Å²) in [5.41, 5.74) is 8.97. The van der Waals surface area contributed by atoms with Gasteiger partial charge in [-0.25, -0.2) is 9.50 Å². The zero-order valence-corrected chi connectivity index (χ0v) is 18.0. The molecular weight excluding hydrogens is 407 g/mol. The molecule has 0 bridgehead atoms. The second-order valence-corrected chi connectivity index (χ2v) is 9.17. The first kappa shape index (κ1) is 22.0. The Morgan fingerprint density at radius 3 is 2.55 bits per heavy atom. The number of carbonyl (C=O) groups is 1. The van der Waals surface area contributed by atoms with E-state index in [9.17, 15) is 18.0 Å². The van der Waals surface area contributed by atoms with E-state index in [0.29, 0.717) is 31.8 Å². The Labute approximate surface area is 180 Å². The van der Waals surface area contributed by atoms with E-state index >= 15 is 0 Å². The van der Waals surface area contributed by atoms with E-state index in [1.54, 1.807) is 0 Å². The van der Waals surface area contributed by atoms with Gasteiger partial charge in [0.1, 0.15) is 0 Å². The summed E-state index contributed by atoms with van der Waals surface area (Å²) in [6.07, 6.45) is -1.95. The molecule has 0 radical (unpaired) electrons. The molecule has 170 valence electrons. The smallest absolute Gasteiger partial charge is 0.341 e. The van der Waals surface area contributed by atoms with E-state index in [1.165, 1.54) is 0 Å². The van der Waals surface area contributed by atoms with Crippen LogP contribution in [0, 0.1) is 18.8 Å². The zero-order chi connectivity index (χ0) is 22.3.